The first-order valence-electron chi connectivity index (χ1n) is 9.56. The first-order chi connectivity index (χ1) is 9.84. The Balaban J connectivity index is 1.44. The van der Waals surface area contributed by atoms with Crippen LogP contribution in [0.4, 0.5) is 0 Å². The summed E-state index contributed by atoms with van der Waals surface area (Å²) in [5, 5.41) is 11.3. The Kier molecular flexibility index (Phi) is 2.37. The molecular weight excluding hydrogens is 256 g/mol. The molecule has 0 aromatic rings. The maximum absolute atomic E-state index is 11.3. The van der Waals surface area contributed by atoms with Gasteiger partial charge in [0, 0.05) is 0 Å². The van der Waals surface area contributed by atoms with E-state index in [9.17, 15) is 5.11 Å². The molecule has 0 aliphatic heterocycles. The van der Waals surface area contributed by atoms with E-state index in [0.29, 0.717) is 28.1 Å². The Morgan fingerprint density at radius 2 is 1.43 bits per heavy atom. The summed E-state index contributed by atoms with van der Waals surface area (Å²) in [6.45, 7) is 5.13. The molecule has 0 aromatic heterocycles. The highest BCUT2D eigenvalue weighted by Gasteiger charge is 2.69. The van der Waals surface area contributed by atoms with E-state index in [1.807, 2.05) is 0 Å². The molecule has 1 nitrogen and oxygen atoms in total. The highest BCUT2D eigenvalue weighted by atomic mass is 16.3. The van der Waals surface area contributed by atoms with Gasteiger partial charge in [-0.1, -0.05) is 26.7 Å². The lowest BCUT2D eigenvalue weighted by Gasteiger charge is -2.66. The fourth-order valence-electron chi connectivity index (χ4n) is 8.96. The summed E-state index contributed by atoms with van der Waals surface area (Å²) in [6, 6.07) is 0. The first-order valence-corrected chi connectivity index (χ1v) is 9.56. The topological polar surface area (TPSA) is 20.2 Å². The van der Waals surface area contributed by atoms with Crippen LogP contribution in [0.3, 0.4) is 0 Å². The monoisotopic (exact) mass is 288 g/mol. The van der Waals surface area contributed by atoms with Crippen molar-refractivity contribution in [3.8, 4) is 0 Å². The maximum atomic E-state index is 11.3. The number of hydrogen-bond donors (Lipinski definition) is 1. The third kappa shape index (κ3) is 1.79. The molecule has 21 heavy (non-hydrogen) atoms. The molecule has 4 unspecified atom stereocenters. The Labute approximate surface area is 129 Å². The molecule has 1 N–H and O–H groups in total. The molecule has 4 bridgehead atoms. The van der Waals surface area contributed by atoms with Crippen LogP contribution < -0.4 is 0 Å². The molecule has 118 valence electrons. The van der Waals surface area contributed by atoms with Crippen molar-refractivity contribution in [3.05, 3.63) is 0 Å². The van der Waals surface area contributed by atoms with Gasteiger partial charge in [-0.2, -0.15) is 0 Å². The molecule has 6 fully saturated rings. The van der Waals surface area contributed by atoms with Crippen LogP contribution >= 0.6 is 0 Å². The minimum atomic E-state index is -0.241. The number of rotatable bonds is 2. The molecule has 0 amide bonds. The lowest BCUT2D eigenvalue weighted by Crippen LogP contribution is -2.56. The minimum Gasteiger partial charge on any atom is -0.389 e. The van der Waals surface area contributed by atoms with Crippen molar-refractivity contribution in [1.29, 1.82) is 0 Å². The summed E-state index contributed by atoms with van der Waals surface area (Å²) in [4.78, 5) is 0. The molecule has 6 aliphatic rings. The van der Waals surface area contributed by atoms with Crippen molar-refractivity contribution in [2.24, 2.45) is 34.0 Å². The predicted molar refractivity (Wildman–Crippen MR) is 84.9 cm³/mol. The van der Waals surface area contributed by atoms with E-state index in [0.717, 1.165) is 12.3 Å². The predicted octanol–water partition coefficient (Wildman–Crippen LogP) is 4.92. The van der Waals surface area contributed by atoms with E-state index in [1.54, 1.807) is 0 Å². The molecule has 4 atom stereocenters. The molecule has 0 aromatic carbocycles. The zero-order valence-corrected chi connectivity index (χ0v) is 14.0. The Bertz CT molecular complexity index is 450. The Morgan fingerprint density at radius 1 is 0.857 bits per heavy atom. The second kappa shape index (κ2) is 3.71. The summed E-state index contributed by atoms with van der Waals surface area (Å²) in [7, 11) is 0. The van der Waals surface area contributed by atoms with Gasteiger partial charge < -0.3 is 5.11 Å². The molecular formula is C20H32O. The van der Waals surface area contributed by atoms with Crippen molar-refractivity contribution in [3.63, 3.8) is 0 Å². The van der Waals surface area contributed by atoms with E-state index >= 15 is 0 Å². The third-order valence-electron chi connectivity index (χ3n) is 8.34. The highest BCUT2D eigenvalue weighted by Crippen LogP contribution is 2.74. The van der Waals surface area contributed by atoms with Crippen LogP contribution in [0.1, 0.15) is 84.5 Å². The average Bonchev–Trinajstić information content (AvgIpc) is 2.89. The quantitative estimate of drug-likeness (QED) is 0.764. The van der Waals surface area contributed by atoms with Gasteiger partial charge in [0.15, 0.2) is 0 Å². The van der Waals surface area contributed by atoms with Crippen LogP contribution in [0.5, 0.6) is 0 Å². The largest absolute Gasteiger partial charge is 0.389 e. The highest BCUT2D eigenvalue weighted by molar-refractivity contribution is 5.19. The molecule has 1 heteroatoms. The molecule has 0 radical (unpaired) electrons. The first kappa shape index (κ1) is 13.4. The third-order valence-corrected chi connectivity index (χ3v) is 8.34. The van der Waals surface area contributed by atoms with Crippen molar-refractivity contribution >= 4 is 0 Å². The molecule has 6 saturated carbocycles. The Hall–Kier alpha value is -0.0400. The summed E-state index contributed by atoms with van der Waals surface area (Å²) in [6.07, 6.45) is 15.3. The smallest absolute Gasteiger partial charge is 0.0716 e. The van der Waals surface area contributed by atoms with Crippen molar-refractivity contribution < 1.29 is 5.11 Å². The lowest BCUT2D eigenvalue weighted by atomic mass is 9.39. The van der Waals surface area contributed by atoms with Crippen molar-refractivity contribution in [2.75, 3.05) is 0 Å². The average molecular weight is 288 g/mol. The fraction of sp³-hybridized carbons (Fsp3) is 1.00. The van der Waals surface area contributed by atoms with E-state index in [2.05, 4.69) is 13.8 Å². The van der Waals surface area contributed by atoms with Crippen molar-refractivity contribution in [1.82, 2.24) is 0 Å². The lowest BCUT2D eigenvalue weighted by molar-refractivity contribution is -0.161. The summed E-state index contributed by atoms with van der Waals surface area (Å²) in [5.74, 6) is 2.33. The van der Waals surface area contributed by atoms with Crippen LogP contribution in [0.2, 0.25) is 0 Å². The van der Waals surface area contributed by atoms with E-state index in [4.69, 9.17) is 0 Å². The van der Waals surface area contributed by atoms with Crippen LogP contribution in [0, 0.1) is 34.0 Å². The van der Waals surface area contributed by atoms with Gasteiger partial charge in [0.2, 0.25) is 0 Å². The maximum Gasteiger partial charge on any atom is 0.0716 e. The van der Waals surface area contributed by atoms with Gasteiger partial charge in [-0.15, -0.1) is 0 Å². The van der Waals surface area contributed by atoms with E-state index < -0.39 is 0 Å². The van der Waals surface area contributed by atoms with Gasteiger partial charge >= 0.3 is 0 Å². The van der Waals surface area contributed by atoms with Gasteiger partial charge in [-0.05, 0) is 91.8 Å². The molecule has 0 saturated heterocycles. The van der Waals surface area contributed by atoms with Crippen molar-refractivity contribution in [2.45, 2.75) is 90.1 Å². The summed E-state index contributed by atoms with van der Waals surface area (Å²) in [5.41, 5.74) is 1.47. The zero-order valence-electron chi connectivity index (χ0n) is 14.0. The van der Waals surface area contributed by atoms with Crippen LogP contribution in [0.15, 0.2) is 0 Å². The van der Waals surface area contributed by atoms with Gasteiger partial charge in [-0.25, -0.2) is 0 Å². The summed E-state index contributed by atoms with van der Waals surface area (Å²) < 4.78 is 0. The van der Waals surface area contributed by atoms with Crippen LogP contribution in [0.25, 0.3) is 0 Å². The second-order valence-electron chi connectivity index (χ2n) is 10.8. The molecule has 6 rings (SSSR count). The molecule has 0 heterocycles. The normalized spacial score (nSPS) is 64.4. The number of fused-ring (bicyclic) bond motifs is 1. The zero-order chi connectivity index (χ0) is 14.5. The summed E-state index contributed by atoms with van der Waals surface area (Å²) >= 11 is 0. The fourth-order valence-corrected chi connectivity index (χ4v) is 8.96. The second-order valence-corrected chi connectivity index (χ2v) is 10.8. The van der Waals surface area contributed by atoms with Gasteiger partial charge in [0.05, 0.1) is 5.60 Å². The van der Waals surface area contributed by atoms with Gasteiger partial charge in [0.25, 0.3) is 0 Å². The van der Waals surface area contributed by atoms with Crippen LogP contribution in [-0.2, 0) is 0 Å². The SMILES string of the molecule is CC12CC3CC(C)(C1)CC(CC1(O)C4CCCCC41)(C3)C2. The van der Waals surface area contributed by atoms with E-state index in [-0.39, 0.29) is 5.60 Å². The molecule has 0 spiro atoms. The molecule has 6 aliphatic carbocycles. The minimum absolute atomic E-state index is 0.241. The Morgan fingerprint density at radius 3 is 1.95 bits per heavy atom. The number of aliphatic hydroxyl groups is 1. The standard InChI is InChI=1S/C20H32O/c1-17-7-14-8-18(2,10-17)12-19(9-14,11-17)13-20(21)15-5-3-4-6-16(15)20/h14-16,21H,3-13H2,1-2H3. The van der Waals surface area contributed by atoms with Crippen LogP contribution in [-0.4, -0.2) is 10.7 Å². The van der Waals surface area contributed by atoms with Gasteiger partial charge in [-0.3, -0.25) is 0 Å². The van der Waals surface area contributed by atoms with E-state index in [1.165, 1.54) is 64.2 Å². The van der Waals surface area contributed by atoms with Gasteiger partial charge in [0.1, 0.15) is 0 Å². The number of hydrogen-bond acceptors (Lipinski definition) is 1.